The molecule has 0 atom stereocenters. The van der Waals surface area contributed by atoms with E-state index in [-0.39, 0.29) is 21.3 Å². The maximum atomic E-state index is 12.7. The van der Waals surface area contributed by atoms with Crippen LogP contribution < -0.4 is 19.5 Å². The number of sulfonamides is 1. The van der Waals surface area contributed by atoms with Gasteiger partial charge in [-0.3, -0.25) is 4.79 Å². The maximum Gasteiger partial charge on any atom is 0.388 e. The molecule has 0 spiro atoms. The molecule has 150 valence electrons. The van der Waals surface area contributed by atoms with E-state index in [9.17, 15) is 26.8 Å². The molecule has 0 bridgehead atoms. The molecule has 1 heterocycles. The largest absolute Gasteiger partial charge is 0.496 e. The van der Waals surface area contributed by atoms with Crippen LogP contribution >= 0.6 is 0 Å². The van der Waals surface area contributed by atoms with Crippen molar-refractivity contribution in [1.29, 1.82) is 0 Å². The molecule has 0 saturated heterocycles. The molecule has 0 aliphatic heterocycles. The third-order valence-corrected chi connectivity index (χ3v) is 4.72. The summed E-state index contributed by atoms with van der Waals surface area (Å²) in [5, 5.41) is -1.54. The highest BCUT2D eigenvalue weighted by Gasteiger charge is 2.39. The number of aryl methyl sites for hydroxylation is 1. The first-order valence-electron chi connectivity index (χ1n) is 7.40. The number of ether oxygens (including phenoxy) is 2. The molecule has 0 fully saturated rings. The second-order valence-corrected chi connectivity index (χ2v) is 6.81. The lowest BCUT2D eigenvalue weighted by molar-refractivity contribution is -0.0528. The minimum absolute atomic E-state index is 0.0214. The molecular formula is C15H14F2N4O6S. The van der Waals surface area contributed by atoms with Gasteiger partial charge in [-0.25, -0.2) is 9.78 Å². The number of hydrogen-bond acceptors (Lipinski definition) is 8. The summed E-state index contributed by atoms with van der Waals surface area (Å²) in [5.74, 6) is -1.72. The number of carbonyl (C=O) groups excluding carboxylic acids is 2. The Hall–Kier alpha value is -3.35. The smallest absolute Gasteiger partial charge is 0.388 e. The summed E-state index contributed by atoms with van der Waals surface area (Å²) in [6.45, 7) is -1.96. The third kappa shape index (κ3) is 4.31. The second-order valence-electron chi connectivity index (χ2n) is 5.12. The van der Waals surface area contributed by atoms with E-state index in [1.807, 2.05) is 0 Å². The maximum absolute atomic E-state index is 12.7. The monoisotopic (exact) mass is 416 g/mol. The van der Waals surface area contributed by atoms with Crippen LogP contribution in [0.5, 0.6) is 11.6 Å². The predicted molar refractivity (Wildman–Crippen MR) is 91.7 cm³/mol. The number of carbonyl (C=O) groups is 2. The van der Waals surface area contributed by atoms with Crippen LogP contribution in [0.15, 0.2) is 30.3 Å². The average molecular weight is 416 g/mol. The molecule has 1 aromatic heterocycles. The van der Waals surface area contributed by atoms with Crippen LogP contribution in [0.4, 0.5) is 19.5 Å². The summed E-state index contributed by atoms with van der Waals surface area (Å²) >= 11 is 0. The van der Waals surface area contributed by atoms with Crippen LogP contribution in [0.25, 0.3) is 0 Å². The standard InChI is InChI=1S/C15H14F2N4O6S/c1-8-7-11(27-13(16)17)20-15(19-8)21(14(18)23)28(24,25)12(22)9-5-3-4-6-10(9)26-2/h3-7,13H,1-2H3,(H2,18,23). The van der Waals surface area contributed by atoms with Crippen molar-refractivity contribution in [3.63, 3.8) is 0 Å². The van der Waals surface area contributed by atoms with E-state index in [0.717, 1.165) is 12.1 Å². The fourth-order valence-corrected chi connectivity index (χ4v) is 3.27. The number of benzene rings is 1. The highest BCUT2D eigenvalue weighted by Crippen LogP contribution is 2.25. The quantitative estimate of drug-likeness (QED) is 0.772. The fraction of sp³-hybridized carbons (Fsp3) is 0.200. The molecule has 2 rings (SSSR count). The summed E-state index contributed by atoms with van der Waals surface area (Å²) in [5.41, 5.74) is 4.70. The van der Waals surface area contributed by atoms with Gasteiger partial charge in [0.2, 0.25) is 5.88 Å². The number of urea groups is 1. The lowest BCUT2D eigenvalue weighted by Gasteiger charge is -2.19. The van der Waals surface area contributed by atoms with Crippen molar-refractivity contribution in [2.45, 2.75) is 13.5 Å². The molecule has 1 aromatic carbocycles. The van der Waals surface area contributed by atoms with Gasteiger partial charge >= 0.3 is 27.8 Å². The number of methoxy groups -OCH3 is 1. The average Bonchev–Trinajstić information content (AvgIpc) is 2.59. The van der Waals surface area contributed by atoms with E-state index in [0.29, 0.717) is 0 Å². The highest BCUT2D eigenvalue weighted by molar-refractivity contribution is 8.08. The Balaban J connectivity index is 2.58. The Labute approximate surface area is 157 Å². The zero-order chi connectivity index (χ0) is 21.1. The number of halogens is 2. The van der Waals surface area contributed by atoms with Crippen molar-refractivity contribution < 1.29 is 36.3 Å². The fourth-order valence-electron chi connectivity index (χ4n) is 2.13. The number of hydrogen-bond donors (Lipinski definition) is 1. The normalized spacial score (nSPS) is 11.2. The van der Waals surface area contributed by atoms with Crippen molar-refractivity contribution >= 4 is 27.1 Å². The van der Waals surface area contributed by atoms with Crippen LogP contribution in [0.1, 0.15) is 16.1 Å². The number of primary amides is 1. The van der Waals surface area contributed by atoms with Gasteiger partial charge < -0.3 is 15.2 Å². The van der Waals surface area contributed by atoms with E-state index < -0.39 is 39.6 Å². The van der Waals surface area contributed by atoms with Gasteiger partial charge in [0, 0.05) is 11.8 Å². The van der Waals surface area contributed by atoms with Gasteiger partial charge in [-0.1, -0.05) is 12.1 Å². The minimum Gasteiger partial charge on any atom is -0.496 e. The highest BCUT2D eigenvalue weighted by atomic mass is 32.2. The Bertz CT molecular complexity index is 1020. The van der Waals surface area contributed by atoms with Gasteiger partial charge in [-0.05, 0) is 19.1 Å². The van der Waals surface area contributed by atoms with Crippen molar-refractivity contribution in [1.82, 2.24) is 9.97 Å². The number of amides is 2. The second kappa shape index (κ2) is 8.12. The van der Waals surface area contributed by atoms with Gasteiger partial charge in [0.15, 0.2) is 0 Å². The number of para-hydroxylation sites is 1. The van der Waals surface area contributed by atoms with E-state index >= 15 is 0 Å². The molecule has 2 aromatic rings. The molecule has 0 unspecified atom stereocenters. The van der Waals surface area contributed by atoms with Crippen LogP contribution in [0, 0.1) is 6.92 Å². The molecule has 2 N–H and O–H groups in total. The van der Waals surface area contributed by atoms with Gasteiger partial charge in [0.1, 0.15) is 5.75 Å². The zero-order valence-electron chi connectivity index (χ0n) is 14.5. The van der Waals surface area contributed by atoms with Crippen LogP contribution in [0.2, 0.25) is 0 Å². The molecule has 0 radical (unpaired) electrons. The van der Waals surface area contributed by atoms with Crippen LogP contribution in [-0.4, -0.2) is 43.3 Å². The molecule has 0 aliphatic rings. The predicted octanol–water partition coefficient (Wildman–Crippen LogP) is 1.45. The van der Waals surface area contributed by atoms with E-state index in [1.165, 1.54) is 32.2 Å². The van der Waals surface area contributed by atoms with Gasteiger partial charge in [-0.2, -0.15) is 22.2 Å². The number of aromatic nitrogens is 2. The zero-order valence-corrected chi connectivity index (χ0v) is 15.3. The van der Waals surface area contributed by atoms with E-state index in [1.54, 1.807) is 0 Å². The van der Waals surface area contributed by atoms with Crippen molar-refractivity contribution in [3.8, 4) is 11.6 Å². The third-order valence-electron chi connectivity index (χ3n) is 3.21. The molecule has 28 heavy (non-hydrogen) atoms. The first-order valence-corrected chi connectivity index (χ1v) is 8.84. The minimum atomic E-state index is -5.13. The summed E-state index contributed by atoms with van der Waals surface area (Å²) in [4.78, 5) is 31.5. The molecular weight excluding hydrogens is 402 g/mol. The first-order chi connectivity index (χ1) is 13.1. The number of anilines is 1. The number of nitrogens with two attached hydrogens (primary N) is 1. The SMILES string of the molecule is COc1ccccc1C(=O)S(=O)(=O)N(C(N)=O)c1nc(C)cc(OC(F)F)n1. The molecule has 2 amide bonds. The molecule has 0 saturated carbocycles. The van der Waals surface area contributed by atoms with Crippen molar-refractivity contribution in [2.24, 2.45) is 5.73 Å². The van der Waals surface area contributed by atoms with E-state index in [2.05, 4.69) is 14.7 Å². The molecule has 13 heteroatoms. The molecule has 10 nitrogen and oxygen atoms in total. The van der Waals surface area contributed by atoms with E-state index in [4.69, 9.17) is 10.5 Å². The number of nitrogens with zero attached hydrogens (tertiary/aromatic N) is 3. The van der Waals surface area contributed by atoms with Gasteiger partial charge in [0.05, 0.1) is 12.7 Å². The topological polar surface area (TPSA) is 142 Å². The van der Waals surface area contributed by atoms with Crippen molar-refractivity contribution in [3.05, 3.63) is 41.6 Å². The lowest BCUT2D eigenvalue weighted by atomic mass is 10.2. The summed E-state index contributed by atoms with van der Waals surface area (Å²) in [7, 11) is -3.92. The Morgan fingerprint density at radius 1 is 1.21 bits per heavy atom. The summed E-state index contributed by atoms with van der Waals surface area (Å²) < 4.78 is 59.2. The number of alkyl halides is 2. The van der Waals surface area contributed by atoms with Crippen molar-refractivity contribution in [2.75, 3.05) is 11.4 Å². The van der Waals surface area contributed by atoms with Crippen LogP contribution in [0.3, 0.4) is 0 Å². The Morgan fingerprint density at radius 3 is 2.43 bits per heavy atom. The van der Waals surface area contributed by atoms with Crippen LogP contribution in [-0.2, 0) is 10.0 Å². The molecule has 0 aliphatic carbocycles. The first kappa shape index (κ1) is 21.0. The summed E-state index contributed by atoms with van der Waals surface area (Å²) in [6.07, 6.45) is 0. The number of rotatable bonds is 5. The van der Waals surface area contributed by atoms with Gasteiger partial charge in [-0.15, -0.1) is 4.31 Å². The Morgan fingerprint density at radius 2 is 1.86 bits per heavy atom. The van der Waals surface area contributed by atoms with Gasteiger partial charge in [0.25, 0.3) is 5.95 Å². The Kier molecular flexibility index (Phi) is 6.08. The summed E-state index contributed by atoms with van der Waals surface area (Å²) in [6, 6.07) is 4.69. The lowest BCUT2D eigenvalue weighted by Crippen LogP contribution is -2.45.